The summed E-state index contributed by atoms with van der Waals surface area (Å²) < 4.78 is 4.72. The molecule has 0 amide bonds. The maximum atomic E-state index is 10.7. The van der Waals surface area contributed by atoms with Gasteiger partial charge in [-0.2, -0.15) is 0 Å². The van der Waals surface area contributed by atoms with Gasteiger partial charge in [0.15, 0.2) is 0 Å². The molecule has 1 aliphatic heterocycles. The van der Waals surface area contributed by atoms with Crippen molar-refractivity contribution in [1.29, 1.82) is 0 Å². The Morgan fingerprint density at radius 1 is 1.78 bits per heavy atom. The molecule has 9 heavy (non-hydrogen) atoms. The summed E-state index contributed by atoms with van der Waals surface area (Å²) in [7, 11) is 5.26. The maximum Gasteiger partial charge on any atom is 0.309 e. The van der Waals surface area contributed by atoms with Crippen molar-refractivity contribution in [3.05, 3.63) is 0 Å². The van der Waals surface area contributed by atoms with Crippen molar-refractivity contribution >= 4 is 13.8 Å². The molecule has 1 unspecified atom stereocenters. The van der Waals surface area contributed by atoms with E-state index in [-0.39, 0.29) is 11.9 Å². The normalized spacial score (nSPS) is 26.2. The quantitative estimate of drug-likeness (QED) is 0.396. The van der Waals surface area contributed by atoms with Crippen molar-refractivity contribution in [2.75, 3.05) is 6.61 Å². The smallest absolute Gasteiger partial charge is 0.309 e. The van der Waals surface area contributed by atoms with Gasteiger partial charge in [-0.25, -0.2) is 0 Å². The van der Waals surface area contributed by atoms with Gasteiger partial charge in [0.2, 0.25) is 0 Å². The largest absolute Gasteiger partial charge is 0.465 e. The Balaban J connectivity index is 2.31. The lowest BCUT2D eigenvalue weighted by atomic mass is 9.93. The Bertz CT molecular complexity index is 114. The van der Waals surface area contributed by atoms with Gasteiger partial charge in [-0.05, 0) is 12.8 Å². The predicted molar refractivity (Wildman–Crippen MR) is 34.2 cm³/mol. The molecule has 1 fully saturated rings. The Morgan fingerprint density at radius 3 is 3.00 bits per heavy atom. The fourth-order valence-corrected chi connectivity index (χ4v) is 1.00. The van der Waals surface area contributed by atoms with E-state index >= 15 is 0 Å². The van der Waals surface area contributed by atoms with E-state index in [0.29, 0.717) is 12.9 Å². The van der Waals surface area contributed by atoms with Crippen LogP contribution in [0.3, 0.4) is 0 Å². The van der Waals surface area contributed by atoms with Gasteiger partial charge in [0, 0.05) is 0 Å². The Kier molecular flexibility index (Phi) is 2.14. The summed E-state index contributed by atoms with van der Waals surface area (Å²) in [6.45, 7) is 0.587. The van der Waals surface area contributed by atoms with E-state index in [4.69, 9.17) is 12.6 Å². The maximum absolute atomic E-state index is 10.7. The van der Waals surface area contributed by atoms with E-state index < -0.39 is 0 Å². The van der Waals surface area contributed by atoms with Crippen molar-refractivity contribution in [3.8, 4) is 0 Å². The van der Waals surface area contributed by atoms with Crippen LogP contribution in [0.2, 0.25) is 6.32 Å². The number of ether oxygens (including phenoxy) is 1. The highest BCUT2D eigenvalue weighted by Gasteiger charge is 2.24. The first kappa shape index (κ1) is 6.65. The number of hydrogen-bond acceptors (Lipinski definition) is 2. The molecule has 3 heteroatoms. The van der Waals surface area contributed by atoms with Crippen LogP contribution >= 0.6 is 0 Å². The summed E-state index contributed by atoms with van der Waals surface area (Å²) >= 11 is 0. The standard InChI is InChI=1S/C6H9BO2/c7-3-1-5-2-4-9-6(5)8/h5H,1-4H2. The van der Waals surface area contributed by atoms with E-state index in [1.54, 1.807) is 0 Å². The van der Waals surface area contributed by atoms with Crippen molar-refractivity contribution in [2.24, 2.45) is 5.92 Å². The van der Waals surface area contributed by atoms with Crippen LogP contribution in [-0.4, -0.2) is 20.4 Å². The van der Waals surface area contributed by atoms with Gasteiger partial charge in [0.25, 0.3) is 0 Å². The first-order chi connectivity index (χ1) is 4.34. The third-order valence-electron chi connectivity index (χ3n) is 1.56. The number of esters is 1. The fraction of sp³-hybridized carbons (Fsp3) is 0.833. The molecule has 1 heterocycles. The molecule has 1 saturated heterocycles. The summed E-state index contributed by atoms with van der Waals surface area (Å²) in [6, 6.07) is 0. The molecule has 0 spiro atoms. The summed E-state index contributed by atoms with van der Waals surface area (Å²) in [5.41, 5.74) is 0. The molecule has 0 aromatic carbocycles. The fourth-order valence-electron chi connectivity index (χ4n) is 1.00. The summed E-state index contributed by atoms with van der Waals surface area (Å²) in [5, 5.41) is 0. The third kappa shape index (κ3) is 1.47. The topological polar surface area (TPSA) is 26.3 Å². The molecule has 0 saturated carbocycles. The molecule has 2 radical (unpaired) electrons. The minimum atomic E-state index is -0.0690. The van der Waals surface area contributed by atoms with E-state index in [1.165, 1.54) is 0 Å². The monoisotopic (exact) mass is 124 g/mol. The molecule has 1 aliphatic rings. The molecule has 0 N–H and O–H groups in total. The molecule has 0 aliphatic carbocycles. The minimum absolute atomic E-state index is 0.0690. The Hall–Kier alpha value is -0.465. The molecule has 0 aromatic heterocycles. The molecule has 48 valence electrons. The predicted octanol–water partition coefficient (Wildman–Crippen LogP) is 0.526. The second kappa shape index (κ2) is 2.90. The lowest BCUT2D eigenvalue weighted by Gasteiger charge is -1.99. The zero-order valence-electron chi connectivity index (χ0n) is 5.30. The minimum Gasteiger partial charge on any atom is -0.465 e. The first-order valence-corrected chi connectivity index (χ1v) is 3.21. The van der Waals surface area contributed by atoms with Crippen LogP contribution in [0, 0.1) is 5.92 Å². The van der Waals surface area contributed by atoms with E-state index in [9.17, 15) is 4.79 Å². The highest BCUT2D eigenvalue weighted by atomic mass is 16.5. The second-order valence-electron chi connectivity index (χ2n) is 2.23. The number of cyclic esters (lactones) is 1. The van der Waals surface area contributed by atoms with Crippen molar-refractivity contribution in [3.63, 3.8) is 0 Å². The zero-order chi connectivity index (χ0) is 6.69. The number of rotatable bonds is 2. The van der Waals surface area contributed by atoms with Gasteiger partial charge >= 0.3 is 5.97 Å². The number of hydrogen-bond donors (Lipinski definition) is 0. The van der Waals surface area contributed by atoms with Gasteiger partial charge < -0.3 is 4.74 Å². The SMILES string of the molecule is [B]CCC1CCOC1=O. The molecular weight excluding hydrogens is 115 g/mol. The van der Waals surface area contributed by atoms with Gasteiger partial charge in [-0.1, -0.05) is 6.32 Å². The molecule has 1 atom stereocenters. The van der Waals surface area contributed by atoms with Gasteiger partial charge in [0.05, 0.1) is 20.4 Å². The lowest BCUT2D eigenvalue weighted by Crippen LogP contribution is -2.06. The van der Waals surface area contributed by atoms with Crippen LogP contribution in [0.5, 0.6) is 0 Å². The number of carbonyl (C=O) groups is 1. The number of carbonyl (C=O) groups excluding carboxylic acids is 1. The Labute approximate surface area is 56.0 Å². The molecule has 1 rings (SSSR count). The Morgan fingerprint density at radius 2 is 2.56 bits per heavy atom. The van der Waals surface area contributed by atoms with Gasteiger partial charge in [-0.15, -0.1) is 0 Å². The van der Waals surface area contributed by atoms with Crippen LogP contribution in [0.4, 0.5) is 0 Å². The van der Waals surface area contributed by atoms with Crippen LogP contribution in [0.15, 0.2) is 0 Å². The highest BCUT2D eigenvalue weighted by molar-refractivity contribution is 6.08. The van der Waals surface area contributed by atoms with E-state index in [2.05, 4.69) is 0 Å². The second-order valence-corrected chi connectivity index (χ2v) is 2.23. The lowest BCUT2D eigenvalue weighted by molar-refractivity contribution is -0.141. The van der Waals surface area contributed by atoms with Crippen LogP contribution in [0.1, 0.15) is 12.8 Å². The van der Waals surface area contributed by atoms with Crippen molar-refractivity contribution in [2.45, 2.75) is 19.2 Å². The highest BCUT2D eigenvalue weighted by Crippen LogP contribution is 2.18. The average molecular weight is 124 g/mol. The van der Waals surface area contributed by atoms with Crippen molar-refractivity contribution < 1.29 is 9.53 Å². The van der Waals surface area contributed by atoms with Crippen LogP contribution in [-0.2, 0) is 9.53 Å². The molecule has 2 nitrogen and oxygen atoms in total. The molecule has 0 bridgehead atoms. The van der Waals surface area contributed by atoms with Gasteiger partial charge in [-0.3, -0.25) is 4.79 Å². The summed E-state index contributed by atoms with van der Waals surface area (Å²) in [4.78, 5) is 10.7. The van der Waals surface area contributed by atoms with Crippen LogP contribution < -0.4 is 0 Å². The van der Waals surface area contributed by atoms with E-state index in [1.807, 2.05) is 0 Å². The van der Waals surface area contributed by atoms with Crippen molar-refractivity contribution in [1.82, 2.24) is 0 Å². The van der Waals surface area contributed by atoms with Gasteiger partial charge in [0.1, 0.15) is 0 Å². The van der Waals surface area contributed by atoms with E-state index in [0.717, 1.165) is 12.8 Å². The van der Waals surface area contributed by atoms with Crippen LogP contribution in [0.25, 0.3) is 0 Å². The average Bonchev–Trinajstić information content (AvgIpc) is 2.18. The molecular formula is C6H9BO2. The molecule has 0 aromatic rings. The first-order valence-electron chi connectivity index (χ1n) is 3.21. The summed E-state index contributed by atoms with van der Waals surface area (Å²) in [6.07, 6.45) is 2.22. The zero-order valence-corrected chi connectivity index (χ0v) is 5.30. The summed E-state index contributed by atoms with van der Waals surface area (Å²) in [5.74, 6) is 0.0236. The third-order valence-corrected chi connectivity index (χ3v) is 1.56.